The van der Waals surface area contributed by atoms with Gasteiger partial charge in [-0.05, 0) is 18.6 Å². The Morgan fingerprint density at radius 2 is 2.20 bits per heavy atom. The van der Waals surface area contributed by atoms with Crippen LogP contribution in [0.15, 0.2) is 24.3 Å². The van der Waals surface area contributed by atoms with Crippen LogP contribution in [0.1, 0.15) is 23.7 Å². The number of aliphatic hydroxyl groups excluding tert-OH is 1. The van der Waals surface area contributed by atoms with Crippen LogP contribution in [0.2, 0.25) is 0 Å². The lowest BCUT2D eigenvalue weighted by molar-refractivity contribution is 0.0915. The molecule has 0 radical (unpaired) electrons. The van der Waals surface area contributed by atoms with Crippen molar-refractivity contribution < 1.29 is 9.90 Å². The van der Waals surface area contributed by atoms with Crippen LogP contribution in [0.4, 0.5) is 5.69 Å². The van der Waals surface area contributed by atoms with Gasteiger partial charge in [0.15, 0.2) is 0 Å². The molecular weight excluding hydrogens is 192 g/mol. The molecule has 0 aliphatic heterocycles. The van der Waals surface area contributed by atoms with Crippen molar-refractivity contribution in [1.82, 2.24) is 5.32 Å². The molecule has 0 aromatic heterocycles. The minimum atomic E-state index is -0.501. The summed E-state index contributed by atoms with van der Waals surface area (Å²) in [6, 6.07) is 6.85. The molecular formula is C11H16N2O2. The standard InChI is InChI=1S/C11H16N2O2/c1-2-8(14)7-13-11(15)9-5-3-4-6-10(9)12/h3-6,8,14H,2,7,12H2,1H3,(H,13,15). The van der Waals surface area contributed by atoms with E-state index >= 15 is 0 Å². The van der Waals surface area contributed by atoms with Gasteiger partial charge in [-0.3, -0.25) is 4.79 Å². The quantitative estimate of drug-likeness (QED) is 0.640. The largest absolute Gasteiger partial charge is 0.398 e. The molecule has 0 heterocycles. The monoisotopic (exact) mass is 208 g/mol. The summed E-state index contributed by atoms with van der Waals surface area (Å²) >= 11 is 0. The second-order valence-corrected chi connectivity index (χ2v) is 3.36. The number of carbonyl (C=O) groups excluding carboxylic acids is 1. The van der Waals surface area contributed by atoms with E-state index in [-0.39, 0.29) is 12.5 Å². The van der Waals surface area contributed by atoms with Gasteiger partial charge in [0.1, 0.15) is 0 Å². The highest BCUT2D eigenvalue weighted by atomic mass is 16.3. The number of hydrogen-bond acceptors (Lipinski definition) is 3. The second-order valence-electron chi connectivity index (χ2n) is 3.36. The fourth-order valence-electron chi connectivity index (χ4n) is 1.15. The Bertz CT molecular complexity index is 339. The van der Waals surface area contributed by atoms with Crippen LogP contribution < -0.4 is 11.1 Å². The number of anilines is 1. The maximum atomic E-state index is 11.6. The summed E-state index contributed by atoms with van der Waals surface area (Å²) in [6.07, 6.45) is 0.115. The van der Waals surface area contributed by atoms with Gasteiger partial charge in [0.05, 0.1) is 11.7 Å². The van der Waals surface area contributed by atoms with Gasteiger partial charge in [0.2, 0.25) is 0 Å². The maximum absolute atomic E-state index is 11.6. The van der Waals surface area contributed by atoms with E-state index in [1.165, 1.54) is 0 Å². The van der Waals surface area contributed by atoms with Gasteiger partial charge in [-0.15, -0.1) is 0 Å². The van der Waals surface area contributed by atoms with E-state index in [1.54, 1.807) is 24.3 Å². The highest BCUT2D eigenvalue weighted by Crippen LogP contribution is 2.09. The lowest BCUT2D eigenvalue weighted by Gasteiger charge is -2.10. The van der Waals surface area contributed by atoms with E-state index in [1.807, 2.05) is 6.92 Å². The number of rotatable bonds is 4. The first-order chi connectivity index (χ1) is 7.15. The van der Waals surface area contributed by atoms with E-state index in [2.05, 4.69) is 5.32 Å². The van der Waals surface area contributed by atoms with Crippen molar-refractivity contribution in [2.75, 3.05) is 12.3 Å². The van der Waals surface area contributed by atoms with Gasteiger partial charge in [-0.25, -0.2) is 0 Å². The first kappa shape index (κ1) is 11.5. The van der Waals surface area contributed by atoms with Gasteiger partial charge in [0.25, 0.3) is 5.91 Å². The summed E-state index contributed by atoms with van der Waals surface area (Å²) in [6.45, 7) is 2.11. The summed E-state index contributed by atoms with van der Waals surface area (Å²) in [5.74, 6) is -0.249. The van der Waals surface area contributed by atoms with Crippen molar-refractivity contribution in [3.05, 3.63) is 29.8 Å². The van der Waals surface area contributed by atoms with E-state index in [4.69, 9.17) is 5.73 Å². The molecule has 4 N–H and O–H groups in total. The third kappa shape index (κ3) is 3.25. The molecule has 1 atom stereocenters. The molecule has 0 spiro atoms. The van der Waals surface area contributed by atoms with Gasteiger partial charge < -0.3 is 16.2 Å². The van der Waals surface area contributed by atoms with Crippen LogP contribution in [0, 0.1) is 0 Å². The van der Waals surface area contributed by atoms with Crippen LogP contribution in [0.3, 0.4) is 0 Å². The third-order valence-corrected chi connectivity index (χ3v) is 2.17. The number of nitrogen functional groups attached to an aromatic ring is 1. The normalized spacial score (nSPS) is 12.1. The Labute approximate surface area is 89.1 Å². The fourth-order valence-corrected chi connectivity index (χ4v) is 1.15. The van der Waals surface area contributed by atoms with Crippen LogP contribution in [-0.2, 0) is 0 Å². The van der Waals surface area contributed by atoms with Crippen LogP contribution in [-0.4, -0.2) is 23.7 Å². The van der Waals surface area contributed by atoms with Gasteiger partial charge in [-0.2, -0.15) is 0 Å². The smallest absolute Gasteiger partial charge is 0.253 e. The summed E-state index contributed by atoms with van der Waals surface area (Å²) in [5, 5.41) is 11.9. The molecule has 0 saturated heterocycles. The Hall–Kier alpha value is -1.55. The number of benzene rings is 1. The molecule has 1 unspecified atom stereocenters. The molecule has 0 bridgehead atoms. The van der Waals surface area contributed by atoms with Gasteiger partial charge >= 0.3 is 0 Å². The number of aliphatic hydroxyl groups is 1. The maximum Gasteiger partial charge on any atom is 0.253 e. The summed E-state index contributed by atoms with van der Waals surface area (Å²) in [5.41, 5.74) is 6.53. The third-order valence-electron chi connectivity index (χ3n) is 2.17. The average molecular weight is 208 g/mol. The Kier molecular flexibility index (Phi) is 4.12. The number of amides is 1. The zero-order valence-corrected chi connectivity index (χ0v) is 8.73. The highest BCUT2D eigenvalue weighted by molar-refractivity contribution is 5.99. The Morgan fingerprint density at radius 1 is 1.53 bits per heavy atom. The van der Waals surface area contributed by atoms with E-state index in [9.17, 15) is 9.90 Å². The zero-order valence-electron chi connectivity index (χ0n) is 8.73. The number of carbonyl (C=O) groups is 1. The molecule has 0 aliphatic carbocycles. The first-order valence-corrected chi connectivity index (χ1v) is 4.96. The molecule has 0 saturated carbocycles. The highest BCUT2D eigenvalue weighted by Gasteiger charge is 2.09. The van der Waals surface area contributed by atoms with Crippen molar-refractivity contribution in [3.8, 4) is 0 Å². The van der Waals surface area contributed by atoms with Gasteiger partial charge in [0, 0.05) is 12.2 Å². The molecule has 1 rings (SSSR count). The summed E-state index contributed by atoms with van der Waals surface area (Å²) in [7, 11) is 0. The molecule has 15 heavy (non-hydrogen) atoms. The topological polar surface area (TPSA) is 75.3 Å². The number of nitrogens with two attached hydrogens (primary N) is 1. The minimum Gasteiger partial charge on any atom is -0.398 e. The second kappa shape index (κ2) is 5.36. The first-order valence-electron chi connectivity index (χ1n) is 4.96. The number of hydrogen-bond donors (Lipinski definition) is 3. The Morgan fingerprint density at radius 3 is 2.80 bits per heavy atom. The Balaban J connectivity index is 2.58. The van der Waals surface area contributed by atoms with Gasteiger partial charge in [-0.1, -0.05) is 19.1 Å². The molecule has 1 amide bonds. The van der Waals surface area contributed by atoms with Crippen molar-refractivity contribution in [1.29, 1.82) is 0 Å². The van der Waals surface area contributed by atoms with E-state index < -0.39 is 6.10 Å². The van der Waals surface area contributed by atoms with Crippen molar-refractivity contribution in [2.24, 2.45) is 0 Å². The summed E-state index contributed by atoms with van der Waals surface area (Å²) in [4.78, 5) is 11.6. The van der Waals surface area contributed by atoms with Crippen molar-refractivity contribution in [3.63, 3.8) is 0 Å². The number of para-hydroxylation sites is 1. The molecule has 1 aromatic rings. The lowest BCUT2D eigenvalue weighted by Crippen LogP contribution is -2.32. The predicted molar refractivity (Wildman–Crippen MR) is 59.5 cm³/mol. The van der Waals surface area contributed by atoms with Crippen LogP contribution in [0.5, 0.6) is 0 Å². The summed E-state index contributed by atoms with van der Waals surface area (Å²) < 4.78 is 0. The fraction of sp³-hybridized carbons (Fsp3) is 0.364. The SMILES string of the molecule is CCC(O)CNC(=O)c1ccccc1N. The minimum absolute atomic E-state index is 0.249. The number of nitrogens with one attached hydrogen (secondary N) is 1. The van der Waals surface area contributed by atoms with E-state index in [0.717, 1.165) is 0 Å². The molecule has 0 fully saturated rings. The molecule has 0 aliphatic rings. The van der Waals surface area contributed by atoms with Crippen LogP contribution in [0.25, 0.3) is 0 Å². The van der Waals surface area contributed by atoms with Crippen molar-refractivity contribution in [2.45, 2.75) is 19.4 Å². The predicted octanol–water partition coefficient (Wildman–Crippen LogP) is 0.770. The average Bonchev–Trinajstić information content (AvgIpc) is 2.26. The zero-order chi connectivity index (χ0) is 11.3. The van der Waals surface area contributed by atoms with E-state index in [0.29, 0.717) is 17.7 Å². The molecule has 4 heteroatoms. The molecule has 82 valence electrons. The molecule has 1 aromatic carbocycles. The molecule has 4 nitrogen and oxygen atoms in total. The van der Waals surface area contributed by atoms with Crippen molar-refractivity contribution >= 4 is 11.6 Å². The van der Waals surface area contributed by atoms with Crippen LogP contribution >= 0.6 is 0 Å². The lowest BCUT2D eigenvalue weighted by atomic mass is 10.1.